The Hall–Kier alpha value is -2.62. The van der Waals surface area contributed by atoms with Gasteiger partial charge in [0.1, 0.15) is 0 Å². The van der Waals surface area contributed by atoms with Crippen LogP contribution < -0.4 is 9.62 Å². The van der Waals surface area contributed by atoms with E-state index in [1.807, 2.05) is 0 Å². The molecule has 0 radical (unpaired) electrons. The minimum atomic E-state index is -4.58. The number of pyridine rings is 1. The van der Waals surface area contributed by atoms with E-state index in [9.17, 15) is 26.4 Å². The highest BCUT2D eigenvalue weighted by Crippen LogP contribution is 2.32. The average molecular weight is 415 g/mol. The fraction of sp³-hybridized carbons (Fsp3) is 0.333. The van der Waals surface area contributed by atoms with Gasteiger partial charge in [-0.05, 0) is 36.8 Å². The number of hydrogen-bond acceptors (Lipinski definition) is 4. The van der Waals surface area contributed by atoms with Gasteiger partial charge in [-0.1, -0.05) is 12.1 Å². The molecule has 0 aliphatic rings. The first-order chi connectivity index (χ1) is 13.1. The highest BCUT2D eigenvalue weighted by molar-refractivity contribution is 7.92. The SMILES string of the molecule is CS(=O)(=O)N(CCCC(=O)NCc1ccccn1)c1cccc(C(F)(F)F)c1. The lowest BCUT2D eigenvalue weighted by Crippen LogP contribution is -2.32. The quantitative estimate of drug-likeness (QED) is 0.719. The molecule has 1 heterocycles. The summed E-state index contributed by atoms with van der Waals surface area (Å²) in [7, 11) is -3.81. The molecule has 0 saturated heterocycles. The minimum Gasteiger partial charge on any atom is -0.350 e. The summed E-state index contributed by atoms with van der Waals surface area (Å²) in [6.07, 6.45) is -1.89. The van der Waals surface area contributed by atoms with Crippen molar-refractivity contribution in [2.75, 3.05) is 17.1 Å². The molecule has 10 heteroatoms. The van der Waals surface area contributed by atoms with Gasteiger partial charge in [0.05, 0.1) is 29.7 Å². The zero-order chi connectivity index (χ0) is 20.8. The number of anilines is 1. The number of sulfonamides is 1. The van der Waals surface area contributed by atoms with Crippen molar-refractivity contribution in [2.24, 2.45) is 0 Å². The van der Waals surface area contributed by atoms with Gasteiger partial charge in [-0.3, -0.25) is 14.1 Å². The van der Waals surface area contributed by atoms with Crippen molar-refractivity contribution < 1.29 is 26.4 Å². The summed E-state index contributed by atoms with van der Waals surface area (Å²) in [5, 5.41) is 2.66. The lowest BCUT2D eigenvalue weighted by Gasteiger charge is -2.23. The third kappa shape index (κ3) is 6.52. The molecule has 2 rings (SSSR count). The summed E-state index contributed by atoms with van der Waals surface area (Å²) >= 11 is 0. The van der Waals surface area contributed by atoms with E-state index in [0.29, 0.717) is 5.69 Å². The van der Waals surface area contributed by atoms with Crippen molar-refractivity contribution in [1.29, 1.82) is 0 Å². The van der Waals surface area contributed by atoms with Crippen LogP contribution in [0.25, 0.3) is 0 Å². The molecule has 0 saturated carbocycles. The molecule has 152 valence electrons. The number of amides is 1. The van der Waals surface area contributed by atoms with Crippen molar-refractivity contribution in [2.45, 2.75) is 25.6 Å². The number of nitrogens with one attached hydrogen (secondary N) is 1. The van der Waals surface area contributed by atoms with Crippen LogP contribution in [-0.4, -0.2) is 32.1 Å². The first-order valence-corrected chi connectivity index (χ1v) is 10.2. The summed E-state index contributed by atoms with van der Waals surface area (Å²) in [5.74, 6) is -0.303. The third-order valence-corrected chi connectivity index (χ3v) is 5.01. The number of nitrogens with zero attached hydrogens (tertiary/aromatic N) is 2. The van der Waals surface area contributed by atoms with Crippen LogP contribution in [0.15, 0.2) is 48.7 Å². The molecule has 1 aromatic heterocycles. The molecule has 1 N–H and O–H groups in total. The van der Waals surface area contributed by atoms with Gasteiger partial charge < -0.3 is 5.32 Å². The van der Waals surface area contributed by atoms with E-state index >= 15 is 0 Å². The summed E-state index contributed by atoms with van der Waals surface area (Å²) in [5.41, 5.74) is -0.351. The first-order valence-electron chi connectivity index (χ1n) is 8.39. The molecule has 2 aromatic rings. The van der Waals surface area contributed by atoms with Gasteiger partial charge in [-0.25, -0.2) is 8.42 Å². The smallest absolute Gasteiger partial charge is 0.350 e. The van der Waals surface area contributed by atoms with Crippen LogP contribution in [0.3, 0.4) is 0 Å². The lowest BCUT2D eigenvalue weighted by atomic mass is 10.2. The molecule has 6 nitrogen and oxygen atoms in total. The number of benzene rings is 1. The van der Waals surface area contributed by atoms with Gasteiger partial charge >= 0.3 is 6.18 Å². The summed E-state index contributed by atoms with van der Waals surface area (Å²) < 4.78 is 63.6. The Labute approximate surface area is 161 Å². The van der Waals surface area contributed by atoms with Gasteiger partial charge in [0, 0.05) is 19.2 Å². The Morgan fingerprint density at radius 3 is 2.54 bits per heavy atom. The maximum atomic E-state index is 12.9. The van der Waals surface area contributed by atoms with Crippen molar-refractivity contribution in [3.05, 3.63) is 59.9 Å². The summed E-state index contributed by atoms with van der Waals surface area (Å²) in [6, 6.07) is 9.37. The molecular weight excluding hydrogens is 395 g/mol. The molecule has 0 aliphatic heterocycles. The van der Waals surface area contributed by atoms with Crippen molar-refractivity contribution in [3.63, 3.8) is 0 Å². The zero-order valence-corrected chi connectivity index (χ0v) is 15.9. The number of carbonyl (C=O) groups excluding carboxylic acids is 1. The number of carbonyl (C=O) groups is 1. The maximum absolute atomic E-state index is 12.9. The predicted octanol–water partition coefficient (Wildman–Crippen LogP) is 2.96. The fourth-order valence-electron chi connectivity index (χ4n) is 2.49. The molecule has 1 amide bonds. The molecule has 0 fully saturated rings. The highest BCUT2D eigenvalue weighted by Gasteiger charge is 2.31. The van der Waals surface area contributed by atoms with Gasteiger partial charge in [0.2, 0.25) is 15.9 Å². The summed E-state index contributed by atoms with van der Waals surface area (Å²) in [4.78, 5) is 16.0. The number of halogens is 3. The molecule has 0 atom stereocenters. The Bertz CT molecular complexity index is 903. The van der Waals surface area contributed by atoms with Crippen LogP contribution in [0, 0.1) is 0 Å². The van der Waals surface area contributed by atoms with Crippen LogP contribution in [0.1, 0.15) is 24.1 Å². The normalized spacial score (nSPS) is 11.9. The molecule has 0 spiro atoms. The topological polar surface area (TPSA) is 79.4 Å². The molecule has 0 bridgehead atoms. The first kappa shape index (κ1) is 21.7. The van der Waals surface area contributed by atoms with E-state index in [2.05, 4.69) is 10.3 Å². The summed E-state index contributed by atoms with van der Waals surface area (Å²) in [6.45, 7) is 0.125. The molecule has 1 aromatic carbocycles. The van der Waals surface area contributed by atoms with Crippen molar-refractivity contribution in [1.82, 2.24) is 10.3 Å². The van der Waals surface area contributed by atoms with Gasteiger partial charge in [-0.15, -0.1) is 0 Å². The van der Waals surface area contributed by atoms with Gasteiger partial charge in [0.15, 0.2) is 0 Å². The second-order valence-corrected chi connectivity index (χ2v) is 7.99. The standard InChI is InChI=1S/C18H20F3N3O3S/c1-28(26,27)24(16-8-4-6-14(12-16)18(19,20)21)11-5-9-17(25)23-13-15-7-2-3-10-22-15/h2-4,6-8,10,12H,5,9,11,13H2,1H3,(H,23,25). The second kappa shape index (κ2) is 9.05. The number of aromatic nitrogens is 1. The zero-order valence-electron chi connectivity index (χ0n) is 15.1. The fourth-order valence-corrected chi connectivity index (χ4v) is 3.44. The van der Waals surface area contributed by atoms with Crippen LogP contribution in [0.4, 0.5) is 18.9 Å². The Morgan fingerprint density at radius 1 is 1.18 bits per heavy atom. The maximum Gasteiger partial charge on any atom is 0.416 e. The van der Waals surface area contributed by atoms with E-state index in [0.717, 1.165) is 28.8 Å². The monoisotopic (exact) mass is 415 g/mol. The van der Waals surface area contributed by atoms with Crippen molar-refractivity contribution >= 4 is 21.6 Å². The Balaban J connectivity index is 1.97. The van der Waals surface area contributed by atoms with Crippen LogP contribution in [0.2, 0.25) is 0 Å². The Morgan fingerprint density at radius 2 is 1.93 bits per heavy atom. The molecular formula is C18H20F3N3O3S. The second-order valence-electron chi connectivity index (χ2n) is 6.08. The number of hydrogen-bond donors (Lipinski definition) is 1. The van der Waals surface area contributed by atoms with Gasteiger partial charge in [-0.2, -0.15) is 13.2 Å². The molecule has 0 unspecified atom stereocenters. The predicted molar refractivity (Wildman–Crippen MR) is 99.0 cm³/mol. The van der Waals surface area contributed by atoms with E-state index in [1.165, 1.54) is 6.07 Å². The minimum absolute atomic E-state index is 0.0256. The van der Waals surface area contributed by atoms with Crippen molar-refractivity contribution in [3.8, 4) is 0 Å². The van der Waals surface area contributed by atoms with E-state index < -0.39 is 21.8 Å². The van der Waals surface area contributed by atoms with E-state index in [1.54, 1.807) is 24.4 Å². The van der Waals surface area contributed by atoms with E-state index in [4.69, 9.17) is 0 Å². The molecule has 0 aliphatic carbocycles. The van der Waals surface area contributed by atoms with E-state index in [-0.39, 0.29) is 37.5 Å². The van der Waals surface area contributed by atoms with Crippen LogP contribution >= 0.6 is 0 Å². The Kier molecular flexibility index (Phi) is 7.00. The van der Waals surface area contributed by atoms with Crippen LogP contribution in [0.5, 0.6) is 0 Å². The molecule has 28 heavy (non-hydrogen) atoms. The number of alkyl halides is 3. The van der Waals surface area contributed by atoms with Gasteiger partial charge in [0.25, 0.3) is 0 Å². The largest absolute Gasteiger partial charge is 0.416 e. The third-order valence-electron chi connectivity index (χ3n) is 3.82. The highest BCUT2D eigenvalue weighted by atomic mass is 32.2. The average Bonchev–Trinajstić information content (AvgIpc) is 2.63. The van der Waals surface area contributed by atoms with Crippen LogP contribution in [-0.2, 0) is 27.5 Å². The number of rotatable bonds is 8. The lowest BCUT2D eigenvalue weighted by molar-refractivity contribution is -0.137.